The molecule has 0 amide bonds. The molecule has 1 aliphatic heterocycles. The molecule has 0 N–H and O–H groups in total. The van der Waals surface area contributed by atoms with Crippen molar-refractivity contribution in [3.63, 3.8) is 0 Å². The summed E-state index contributed by atoms with van der Waals surface area (Å²) in [5, 5.41) is 0. The number of benzene rings is 1. The van der Waals surface area contributed by atoms with Crippen LogP contribution in [0.1, 0.15) is 30.0 Å². The Hall–Kier alpha value is -0.530. The Bertz CT molecular complexity index is 318. The van der Waals surface area contributed by atoms with Gasteiger partial charge in [0.15, 0.2) is 0 Å². The molecule has 1 heterocycles. The summed E-state index contributed by atoms with van der Waals surface area (Å²) in [6, 6.07) is 9.12. The average Bonchev–Trinajstić information content (AvgIpc) is 2.72. The van der Waals surface area contributed by atoms with E-state index < -0.39 is 0 Å². The van der Waals surface area contributed by atoms with Crippen LogP contribution in [0.4, 0.5) is 0 Å². The molecule has 1 aliphatic rings. The molecule has 0 radical (unpaired) electrons. The molecule has 0 aromatic heterocycles. The van der Waals surface area contributed by atoms with Crippen molar-refractivity contribution in [3.8, 4) is 0 Å². The standard InChI is InChI=1S/C13H18ClN/c1-11-5-4-6-12(9-11)13(10-14)15-7-2-3-8-15/h4-6,9,13H,2-3,7-8,10H2,1H3. The van der Waals surface area contributed by atoms with Crippen molar-refractivity contribution >= 4 is 11.6 Å². The SMILES string of the molecule is Cc1cccc(C(CCl)N2CCCC2)c1. The van der Waals surface area contributed by atoms with E-state index in [0.29, 0.717) is 11.9 Å². The first-order valence-electron chi connectivity index (χ1n) is 5.68. The smallest absolute Gasteiger partial charge is 0.0483 e. The van der Waals surface area contributed by atoms with Crippen molar-refractivity contribution in [2.45, 2.75) is 25.8 Å². The summed E-state index contributed by atoms with van der Waals surface area (Å²) in [7, 11) is 0. The highest BCUT2D eigenvalue weighted by Gasteiger charge is 2.22. The third kappa shape index (κ3) is 2.53. The van der Waals surface area contributed by atoms with Gasteiger partial charge in [0, 0.05) is 11.9 Å². The van der Waals surface area contributed by atoms with Gasteiger partial charge in [-0.25, -0.2) is 0 Å². The van der Waals surface area contributed by atoms with E-state index in [4.69, 9.17) is 11.6 Å². The number of hydrogen-bond acceptors (Lipinski definition) is 1. The van der Waals surface area contributed by atoms with E-state index in [1.807, 2.05) is 0 Å². The third-order valence-electron chi connectivity index (χ3n) is 3.15. The van der Waals surface area contributed by atoms with Gasteiger partial charge in [-0.3, -0.25) is 4.90 Å². The molecule has 1 aromatic rings. The van der Waals surface area contributed by atoms with Gasteiger partial charge in [0.05, 0.1) is 0 Å². The molecule has 1 atom stereocenters. The van der Waals surface area contributed by atoms with Gasteiger partial charge in [-0.2, -0.15) is 0 Å². The average molecular weight is 224 g/mol. The third-order valence-corrected chi connectivity index (χ3v) is 3.45. The fraction of sp³-hybridized carbons (Fsp3) is 0.538. The summed E-state index contributed by atoms with van der Waals surface area (Å²) in [4.78, 5) is 2.50. The number of likely N-dealkylation sites (tertiary alicyclic amines) is 1. The molecular formula is C13H18ClN. The lowest BCUT2D eigenvalue weighted by Crippen LogP contribution is -2.26. The number of aryl methyl sites for hydroxylation is 1. The largest absolute Gasteiger partial charge is 0.295 e. The molecule has 1 saturated heterocycles. The Morgan fingerprint density at radius 3 is 2.67 bits per heavy atom. The molecule has 0 bridgehead atoms. The molecule has 0 saturated carbocycles. The van der Waals surface area contributed by atoms with E-state index in [-0.39, 0.29) is 0 Å². The van der Waals surface area contributed by atoms with Crippen LogP contribution in [0.5, 0.6) is 0 Å². The van der Waals surface area contributed by atoms with E-state index in [1.54, 1.807) is 0 Å². The maximum Gasteiger partial charge on any atom is 0.0483 e. The quantitative estimate of drug-likeness (QED) is 0.711. The first kappa shape index (κ1) is 11.0. The maximum atomic E-state index is 6.09. The molecule has 2 rings (SSSR count). The Morgan fingerprint density at radius 1 is 1.33 bits per heavy atom. The zero-order chi connectivity index (χ0) is 10.7. The second-order valence-electron chi connectivity index (χ2n) is 4.33. The van der Waals surface area contributed by atoms with Crippen LogP contribution in [-0.4, -0.2) is 23.9 Å². The molecule has 1 unspecified atom stereocenters. The molecule has 2 heteroatoms. The fourth-order valence-corrected chi connectivity index (χ4v) is 2.70. The molecule has 0 aliphatic carbocycles. The molecule has 1 fully saturated rings. The summed E-state index contributed by atoms with van der Waals surface area (Å²) < 4.78 is 0. The molecular weight excluding hydrogens is 206 g/mol. The van der Waals surface area contributed by atoms with Crippen LogP contribution in [-0.2, 0) is 0 Å². The predicted molar refractivity (Wildman–Crippen MR) is 65.4 cm³/mol. The summed E-state index contributed by atoms with van der Waals surface area (Å²) in [5.41, 5.74) is 2.69. The zero-order valence-corrected chi connectivity index (χ0v) is 10.0. The molecule has 1 aromatic carbocycles. The summed E-state index contributed by atoms with van der Waals surface area (Å²) in [5.74, 6) is 0.698. The fourth-order valence-electron chi connectivity index (χ4n) is 2.33. The van der Waals surface area contributed by atoms with Gasteiger partial charge < -0.3 is 0 Å². The minimum Gasteiger partial charge on any atom is -0.295 e. The van der Waals surface area contributed by atoms with Crippen LogP contribution in [0.3, 0.4) is 0 Å². The highest BCUT2D eigenvalue weighted by atomic mass is 35.5. The summed E-state index contributed by atoms with van der Waals surface area (Å²) in [6.07, 6.45) is 2.64. The van der Waals surface area contributed by atoms with E-state index >= 15 is 0 Å². The summed E-state index contributed by atoms with van der Waals surface area (Å²) in [6.45, 7) is 4.54. The van der Waals surface area contributed by atoms with Crippen molar-refractivity contribution in [3.05, 3.63) is 35.4 Å². The van der Waals surface area contributed by atoms with Gasteiger partial charge in [-0.15, -0.1) is 11.6 Å². The lowest BCUT2D eigenvalue weighted by Gasteiger charge is -2.26. The number of nitrogens with zero attached hydrogens (tertiary/aromatic N) is 1. The second-order valence-corrected chi connectivity index (χ2v) is 4.64. The number of hydrogen-bond donors (Lipinski definition) is 0. The van der Waals surface area contributed by atoms with Crippen molar-refractivity contribution in [2.75, 3.05) is 19.0 Å². The highest BCUT2D eigenvalue weighted by Crippen LogP contribution is 2.26. The zero-order valence-electron chi connectivity index (χ0n) is 9.25. The van der Waals surface area contributed by atoms with Crippen LogP contribution in [0.2, 0.25) is 0 Å². The van der Waals surface area contributed by atoms with E-state index in [1.165, 1.54) is 37.1 Å². The van der Waals surface area contributed by atoms with Crippen molar-refractivity contribution in [1.82, 2.24) is 4.90 Å². The van der Waals surface area contributed by atoms with Crippen LogP contribution >= 0.6 is 11.6 Å². The molecule has 15 heavy (non-hydrogen) atoms. The summed E-state index contributed by atoms with van der Waals surface area (Å²) >= 11 is 6.09. The minimum absolute atomic E-state index is 0.411. The first-order chi connectivity index (χ1) is 7.31. The van der Waals surface area contributed by atoms with E-state index in [0.717, 1.165) is 0 Å². The van der Waals surface area contributed by atoms with Gasteiger partial charge >= 0.3 is 0 Å². The lowest BCUT2D eigenvalue weighted by molar-refractivity contribution is 0.266. The lowest BCUT2D eigenvalue weighted by atomic mass is 10.0. The minimum atomic E-state index is 0.411. The van der Waals surface area contributed by atoms with Crippen molar-refractivity contribution in [2.24, 2.45) is 0 Å². The van der Waals surface area contributed by atoms with Crippen LogP contribution < -0.4 is 0 Å². The maximum absolute atomic E-state index is 6.09. The Labute approximate surface area is 97.0 Å². The van der Waals surface area contributed by atoms with Gasteiger partial charge in [-0.1, -0.05) is 29.8 Å². The van der Waals surface area contributed by atoms with Crippen LogP contribution in [0.15, 0.2) is 24.3 Å². The Balaban J connectivity index is 2.18. The monoisotopic (exact) mass is 223 g/mol. The Morgan fingerprint density at radius 2 is 2.07 bits per heavy atom. The van der Waals surface area contributed by atoms with Gasteiger partial charge in [-0.05, 0) is 38.4 Å². The number of rotatable bonds is 3. The van der Waals surface area contributed by atoms with E-state index in [2.05, 4.69) is 36.1 Å². The highest BCUT2D eigenvalue weighted by molar-refractivity contribution is 6.18. The molecule has 0 spiro atoms. The first-order valence-corrected chi connectivity index (χ1v) is 6.21. The normalized spacial score (nSPS) is 19.3. The van der Waals surface area contributed by atoms with Gasteiger partial charge in [0.1, 0.15) is 0 Å². The molecule has 1 nitrogen and oxygen atoms in total. The van der Waals surface area contributed by atoms with Crippen molar-refractivity contribution in [1.29, 1.82) is 0 Å². The van der Waals surface area contributed by atoms with Gasteiger partial charge in [0.25, 0.3) is 0 Å². The molecule has 82 valence electrons. The van der Waals surface area contributed by atoms with Crippen LogP contribution in [0, 0.1) is 6.92 Å². The predicted octanol–water partition coefficient (Wildman–Crippen LogP) is 3.37. The number of alkyl halides is 1. The van der Waals surface area contributed by atoms with Crippen molar-refractivity contribution < 1.29 is 0 Å². The van der Waals surface area contributed by atoms with E-state index in [9.17, 15) is 0 Å². The van der Waals surface area contributed by atoms with Crippen LogP contribution in [0.25, 0.3) is 0 Å². The number of halogens is 1. The van der Waals surface area contributed by atoms with Gasteiger partial charge in [0.2, 0.25) is 0 Å². The topological polar surface area (TPSA) is 3.24 Å². The Kier molecular flexibility index (Phi) is 3.66. The second kappa shape index (κ2) is 5.00.